The second kappa shape index (κ2) is 4.60. The maximum atomic E-state index is 12.3. The highest BCUT2D eigenvalue weighted by atomic mass is 32.2. The largest absolute Gasteiger partial charge is 0.316 e. The van der Waals surface area contributed by atoms with Crippen molar-refractivity contribution in [3.63, 3.8) is 0 Å². The van der Waals surface area contributed by atoms with Crippen molar-refractivity contribution >= 4 is 10.2 Å². The first kappa shape index (κ1) is 12.3. The highest BCUT2D eigenvalue weighted by molar-refractivity contribution is 7.86. The quantitative estimate of drug-likeness (QED) is 0.744. The molecule has 0 aromatic heterocycles. The minimum Gasteiger partial charge on any atom is -0.316 e. The average Bonchev–Trinajstić information content (AvgIpc) is 2.77. The first-order valence-corrected chi connectivity index (χ1v) is 7.45. The van der Waals surface area contributed by atoms with Gasteiger partial charge in [0.1, 0.15) is 0 Å². The highest BCUT2D eigenvalue weighted by Crippen LogP contribution is 2.29. The molecule has 2 aliphatic rings. The summed E-state index contributed by atoms with van der Waals surface area (Å²) in [4.78, 5) is 0. The Hall–Kier alpha value is -0.170. The van der Waals surface area contributed by atoms with Crippen LogP contribution in [0.1, 0.15) is 13.8 Å². The Morgan fingerprint density at radius 1 is 1.19 bits per heavy atom. The van der Waals surface area contributed by atoms with Crippen molar-refractivity contribution in [3.8, 4) is 0 Å². The molecule has 2 heterocycles. The molecular weight excluding hydrogens is 226 g/mol. The van der Waals surface area contributed by atoms with Crippen molar-refractivity contribution in [1.29, 1.82) is 0 Å². The van der Waals surface area contributed by atoms with E-state index in [1.807, 2.05) is 13.8 Å². The van der Waals surface area contributed by atoms with Crippen LogP contribution in [0.15, 0.2) is 0 Å². The molecule has 2 atom stereocenters. The molecule has 6 heteroatoms. The average molecular weight is 247 g/mol. The maximum Gasteiger partial charge on any atom is 0.281 e. The van der Waals surface area contributed by atoms with Crippen LogP contribution in [0.2, 0.25) is 0 Å². The molecule has 0 aromatic rings. The molecule has 0 aliphatic carbocycles. The number of hydrogen-bond donors (Lipinski definition) is 1. The van der Waals surface area contributed by atoms with E-state index in [9.17, 15) is 8.42 Å². The lowest BCUT2D eigenvalue weighted by molar-refractivity contribution is 0.368. The van der Waals surface area contributed by atoms with Gasteiger partial charge in [-0.15, -0.1) is 0 Å². The highest BCUT2D eigenvalue weighted by Gasteiger charge is 2.42. The zero-order valence-corrected chi connectivity index (χ0v) is 10.8. The minimum atomic E-state index is -3.20. The molecule has 94 valence electrons. The van der Waals surface area contributed by atoms with Crippen LogP contribution in [0.4, 0.5) is 0 Å². The Morgan fingerprint density at radius 3 is 2.12 bits per heavy atom. The summed E-state index contributed by atoms with van der Waals surface area (Å²) in [6.45, 7) is 8.21. The van der Waals surface area contributed by atoms with Crippen LogP contribution in [-0.2, 0) is 10.2 Å². The SMILES string of the molecule is CCN(CC)S(=O)(=O)N1CC2CNCC2C1. The molecule has 2 aliphatic heterocycles. The van der Waals surface area contributed by atoms with Gasteiger partial charge in [0.25, 0.3) is 10.2 Å². The summed E-state index contributed by atoms with van der Waals surface area (Å²) in [6.07, 6.45) is 0. The molecule has 2 fully saturated rings. The molecule has 0 saturated carbocycles. The van der Waals surface area contributed by atoms with Gasteiger partial charge in [-0.3, -0.25) is 0 Å². The zero-order valence-electron chi connectivity index (χ0n) is 10.0. The van der Waals surface area contributed by atoms with Crippen LogP contribution in [0.25, 0.3) is 0 Å². The van der Waals surface area contributed by atoms with E-state index < -0.39 is 10.2 Å². The minimum absolute atomic E-state index is 0.519. The van der Waals surface area contributed by atoms with E-state index in [4.69, 9.17) is 0 Å². The Labute approximate surface area is 98.0 Å². The van der Waals surface area contributed by atoms with Gasteiger partial charge in [0, 0.05) is 26.2 Å². The summed E-state index contributed by atoms with van der Waals surface area (Å²) < 4.78 is 27.7. The topological polar surface area (TPSA) is 52.7 Å². The second-order valence-electron chi connectivity index (χ2n) is 4.59. The number of hydrogen-bond acceptors (Lipinski definition) is 3. The first-order valence-electron chi connectivity index (χ1n) is 6.05. The fourth-order valence-corrected chi connectivity index (χ4v) is 4.45. The van der Waals surface area contributed by atoms with Gasteiger partial charge in [-0.1, -0.05) is 13.8 Å². The lowest BCUT2D eigenvalue weighted by atomic mass is 10.0. The smallest absolute Gasteiger partial charge is 0.281 e. The second-order valence-corrected chi connectivity index (χ2v) is 6.52. The molecule has 0 bridgehead atoms. The Kier molecular flexibility index (Phi) is 3.53. The van der Waals surface area contributed by atoms with Crippen LogP contribution >= 0.6 is 0 Å². The summed E-state index contributed by atoms with van der Waals surface area (Å²) >= 11 is 0. The predicted molar refractivity (Wildman–Crippen MR) is 63.3 cm³/mol. The van der Waals surface area contributed by atoms with Gasteiger partial charge in [0.05, 0.1) is 0 Å². The molecule has 2 saturated heterocycles. The van der Waals surface area contributed by atoms with E-state index >= 15 is 0 Å². The van der Waals surface area contributed by atoms with Gasteiger partial charge < -0.3 is 5.32 Å². The normalized spacial score (nSPS) is 31.2. The summed E-state index contributed by atoms with van der Waals surface area (Å²) in [7, 11) is -3.20. The van der Waals surface area contributed by atoms with Crippen molar-refractivity contribution in [1.82, 2.24) is 13.9 Å². The Balaban J connectivity index is 2.08. The van der Waals surface area contributed by atoms with Gasteiger partial charge in [-0.25, -0.2) is 0 Å². The molecule has 2 unspecified atom stereocenters. The molecule has 0 aromatic carbocycles. The molecular formula is C10H21N3O2S. The fourth-order valence-electron chi connectivity index (χ4n) is 2.71. The lowest BCUT2D eigenvalue weighted by Gasteiger charge is -2.25. The number of fused-ring (bicyclic) bond motifs is 1. The van der Waals surface area contributed by atoms with Gasteiger partial charge in [0.2, 0.25) is 0 Å². The third-order valence-electron chi connectivity index (χ3n) is 3.71. The van der Waals surface area contributed by atoms with Crippen LogP contribution in [-0.4, -0.2) is 56.3 Å². The lowest BCUT2D eigenvalue weighted by Crippen LogP contribution is -2.43. The summed E-state index contributed by atoms with van der Waals surface area (Å²) in [6, 6.07) is 0. The molecule has 0 amide bonds. The van der Waals surface area contributed by atoms with Crippen molar-refractivity contribution in [2.24, 2.45) is 11.8 Å². The van der Waals surface area contributed by atoms with Crippen LogP contribution in [0.3, 0.4) is 0 Å². The third kappa shape index (κ3) is 1.99. The number of rotatable bonds is 4. The first-order chi connectivity index (χ1) is 7.59. The van der Waals surface area contributed by atoms with E-state index in [1.54, 1.807) is 8.61 Å². The third-order valence-corrected chi connectivity index (χ3v) is 5.83. The monoisotopic (exact) mass is 247 g/mol. The summed E-state index contributed by atoms with van der Waals surface area (Å²) in [5.74, 6) is 1.04. The van der Waals surface area contributed by atoms with Crippen molar-refractivity contribution < 1.29 is 8.42 Å². The molecule has 0 radical (unpaired) electrons. The molecule has 2 rings (SSSR count). The van der Waals surface area contributed by atoms with Crippen LogP contribution < -0.4 is 5.32 Å². The summed E-state index contributed by atoms with van der Waals surface area (Å²) in [5.41, 5.74) is 0. The Morgan fingerprint density at radius 2 is 1.69 bits per heavy atom. The molecule has 0 spiro atoms. The van der Waals surface area contributed by atoms with E-state index in [-0.39, 0.29) is 0 Å². The van der Waals surface area contributed by atoms with Crippen LogP contribution in [0, 0.1) is 11.8 Å². The zero-order chi connectivity index (χ0) is 11.8. The van der Waals surface area contributed by atoms with Crippen molar-refractivity contribution in [2.75, 3.05) is 39.3 Å². The van der Waals surface area contributed by atoms with Gasteiger partial charge >= 0.3 is 0 Å². The fraction of sp³-hybridized carbons (Fsp3) is 1.00. The van der Waals surface area contributed by atoms with Crippen LogP contribution in [0.5, 0.6) is 0 Å². The number of nitrogens with zero attached hydrogens (tertiary/aromatic N) is 2. The molecule has 1 N–H and O–H groups in total. The summed E-state index contributed by atoms with van der Waals surface area (Å²) in [5, 5.41) is 3.32. The van der Waals surface area contributed by atoms with Gasteiger partial charge in [-0.2, -0.15) is 17.0 Å². The van der Waals surface area contributed by atoms with E-state index in [0.29, 0.717) is 38.0 Å². The van der Waals surface area contributed by atoms with Gasteiger partial charge in [0.15, 0.2) is 0 Å². The number of nitrogens with one attached hydrogen (secondary N) is 1. The van der Waals surface area contributed by atoms with E-state index in [0.717, 1.165) is 13.1 Å². The Bertz CT molecular complexity index is 328. The van der Waals surface area contributed by atoms with Gasteiger partial charge in [-0.05, 0) is 24.9 Å². The predicted octanol–water partition coefficient (Wildman–Crippen LogP) is -0.276. The van der Waals surface area contributed by atoms with Crippen molar-refractivity contribution in [3.05, 3.63) is 0 Å². The molecule has 16 heavy (non-hydrogen) atoms. The maximum absolute atomic E-state index is 12.3. The van der Waals surface area contributed by atoms with E-state index in [1.165, 1.54) is 0 Å². The standard InChI is InChI=1S/C10H21N3O2S/c1-3-12(4-2)16(14,15)13-7-9-5-11-6-10(9)8-13/h9-11H,3-8H2,1-2H3. The molecule has 5 nitrogen and oxygen atoms in total. The van der Waals surface area contributed by atoms with E-state index in [2.05, 4.69) is 5.32 Å². The van der Waals surface area contributed by atoms with Crippen molar-refractivity contribution in [2.45, 2.75) is 13.8 Å².